The van der Waals surface area contributed by atoms with Gasteiger partial charge in [-0.2, -0.15) is 0 Å². The minimum Gasteiger partial charge on any atom is -0.486 e. The summed E-state index contributed by atoms with van der Waals surface area (Å²) in [4.78, 5) is 17.2. The standard InChI is InChI=1S/C11H11NO3S2/c1-2-7-3-9(10(17-7)11(13)14)15-5-8-4-12-6-16-8/h3-4,6H,2,5H2,1H3,(H,13,14). The summed E-state index contributed by atoms with van der Waals surface area (Å²) < 4.78 is 5.53. The molecule has 0 spiro atoms. The van der Waals surface area contributed by atoms with Crippen molar-refractivity contribution < 1.29 is 14.6 Å². The number of aryl methyl sites for hydroxylation is 1. The van der Waals surface area contributed by atoms with Crippen molar-refractivity contribution in [2.75, 3.05) is 0 Å². The zero-order chi connectivity index (χ0) is 12.3. The smallest absolute Gasteiger partial charge is 0.349 e. The summed E-state index contributed by atoms with van der Waals surface area (Å²) >= 11 is 2.76. The van der Waals surface area contributed by atoms with E-state index in [2.05, 4.69) is 4.98 Å². The van der Waals surface area contributed by atoms with Crippen LogP contribution in [-0.4, -0.2) is 16.1 Å². The maximum absolute atomic E-state index is 11.0. The fourth-order valence-corrected chi connectivity index (χ4v) is 2.70. The summed E-state index contributed by atoms with van der Waals surface area (Å²) in [5, 5.41) is 9.05. The van der Waals surface area contributed by atoms with Crippen LogP contribution in [0.25, 0.3) is 0 Å². The number of carboxylic acid groups (broad SMARTS) is 1. The van der Waals surface area contributed by atoms with Crippen molar-refractivity contribution in [3.05, 3.63) is 32.4 Å². The van der Waals surface area contributed by atoms with Gasteiger partial charge >= 0.3 is 5.97 Å². The van der Waals surface area contributed by atoms with Gasteiger partial charge in [0.25, 0.3) is 0 Å². The molecule has 2 rings (SSSR count). The molecule has 2 aromatic rings. The molecule has 2 heterocycles. The Kier molecular flexibility index (Phi) is 3.75. The molecular weight excluding hydrogens is 258 g/mol. The van der Waals surface area contributed by atoms with Gasteiger partial charge in [-0.15, -0.1) is 22.7 Å². The van der Waals surface area contributed by atoms with Gasteiger partial charge in [-0.3, -0.25) is 4.98 Å². The normalized spacial score (nSPS) is 10.4. The fourth-order valence-electron chi connectivity index (χ4n) is 1.32. The monoisotopic (exact) mass is 269 g/mol. The number of nitrogens with zero attached hydrogens (tertiary/aromatic N) is 1. The van der Waals surface area contributed by atoms with Crippen molar-refractivity contribution in [2.45, 2.75) is 20.0 Å². The van der Waals surface area contributed by atoms with E-state index in [1.165, 1.54) is 22.7 Å². The van der Waals surface area contributed by atoms with Crippen molar-refractivity contribution in [2.24, 2.45) is 0 Å². The lowest BCUT2D eigenvalue weighted by Crippen LogP contribution is -1.98. The van der Waals surface area contributed by atoms with Crippen LogP contribution < -0.4 is 4.74 Å². The lowest BCUT2D eigenvalue weighted by atomic mass is 10.3. The molecule has 0 unspecified atom stereocenters. The lowest BCUT2D eigenvalue weighted by molar-refractivity contribution is 0.0697. The van der Waals surface area contributed by atoms with E-state index in [1.807, 2.05) is 6.92 Å². The molecule has 0 aromatic carbocycles. The van der Waals surface area contributed by atoms with Crippen LogP contribution in [0.2, 0.25) is 0 Å². The van der Waals surface area contributed by atoms with E-state index < -0.39 is 5.97 Å². The number of aromatic carboxylic acids is 1. The maximum atomic E-state index is 11.0. The first-order valence-electron chi connectivity index (χ1n) is 5.07. The molecule has 0 aliphatic rings. The van der Waals surface area contributed by atoms with E-state index in [0.29, 0.717) is 12.4 Å². The molecule has 4 nitrogen and oxygen atoms in total. The number of thiazole rings is 1. The number of hydrogen-bond acceptors (Lipinski definition) is 5. The average Bonchev–Trinajstić information content (AvgIpc) is 2.95. The number of rotatable bonds is 5. The number of thiophene rings is 1. The van der Waals surface area contributed by atoms with E-state index in [0.717, 1.165) is 16.2 Å². The van der Waals surface area contributed by atoms with Crippen molar-refractivity contribution in [1.82, 2.24) is 4.98 Å². The van der Waals surface area contributed by atoms with E-state index in [9.17, 15) is 4.79 Å². The minimum atomic E-state index is -0.936. The third-order valence-corrected chi connectivity index (χ3v) is 4.15. The van der Waals surface area contributed by atoms with E-state index in [-0.39, 0.29) is 4.88 Å². The van der Waals surface area contributed by atoms with Crippen LogP contribution >= 0.6 is 22.7 Å². The molecule has 17 heavy (non-hydrogen) atoms. The number of carboxylic acids is 1. The van der Waals surface area contributed by atoms with Crippen molar-refractivity contribution >= 4 is 28.6 Å². The quantitative estimate of drug-likeness (QED) is 0.906. The Bertz CT molecular complexity index is 505. The molecule has 0 radical (unpaired) electrons. The zero-order valence-electron chi connectivity index (χ0n) is 9.17. The molecule has 0 bridgehead atoms. The molecular formula is C11H11NO3S2. The largest absolute Gasteiger partial charge is 0.486 e. The molecule has 0 aliphatic carbocycles. The molecule has 2 aromatic heterocycles. The summed E-state index contributed by atoms with van der Waals surface area (Å²) in [6, 6.07) is 1.80. The highest BCUT2D eigenvalue weighted by molar-refractivity contribution is 7.14. The van der Waals surface area contributed by atoms with Crippen LogP contribution in [0.3, 0.4) is 0 Å². The van der Waals surface area contributed by atoms with Crippen LogP contribution in [0.4, 0.5) is 0 Å². The molecule has 6 heteroatoms. The Morgan fingerprint density at radius 2 is 2.35 bits per heavy atom. The average molecular weight is 269 g/mol. The maximum Gasteiger partial charge on any atom is 0.349 e. The predicted octanol–water partition coefficient (Wildman–Crippen LogP) is 3.04. The summed E-state index contributed by atoms with van der Waals surface area (Å²) in [5.41, 5.74) is 1.72. The Morgan fingerprint density at radius 1 is 1.53 bits per heavy atom. The SMILES string of the molecule is CCc1cc(OCc2cncs2)c(C(=O)O)s1. The third kappa shape index (κ3) is 2.83. The zero-order valence-corrected chi connectivity index (χ0v) is 10.8. The van der Waals surface area contributed by atoms with Gasteiger partial charge in [0.1, 0.15) is 12.4 Å². The van der Waals surface area contributed by atoms with Crippen LogP contribution in [0.1, 0.15) is 26.3 Å². The molecule has 0 amide bonds. The highest BCUT2D eigenvalue weighted by atomic mass is 32.1. The second-order valence-corrected chi connectivity index (χ2v) is 5.43. The van der Waals surface area contributed by atoms with Crippen LogP contribution in [0.5, 0.6) is 5.75 Å². The van der Waals surface area contributed by atoms with Gasteiger partial charge in [0, 0.05) is 11.1 Å². The minimum absolute atomic E-state index is 0.270. The van der Waals surface area contributed by atoms with Crippen molar-refractivity contribution in [3.63, 3.8) is 0 Å². The van der Waals surface area contributed by atoms with Gasteiger partial charge in [-0.1, -0.05) is 6.92 Å². The van der Waals surface area contributed by atoms with Gasteiger partial charge in [0.15, 0.2) is 4.88 Å². The highest BCUT2D eigenvalue weighted by Crippen LogP contribution is 2.30. The summed E-state index contributed by atoms with van der Waals surface area (Å²) in [6.45, 7) is 2.36. The molecule has 0 saturated heterocycles. The topological polar surface area (TPSA) is 59.4 Å². The second-order valence-electron chi connectivity index (χ2n) is 3.32. The Balaban J connectivity index is 2.13. The van der Waals surface area contributed by atoms with Gasteiger partial charge in [0.2, 0.25) is 0 Å². The van der Waals surface area contributed by atoms with E-state index >= 15 is 0 Å². The first-order valence-corrected chi connectivity index (χ1v) is 6.76. The summed E-state index contributed by atoms with van der Waals surface area (Å²) in [5.74, 6) is -0.484. The van der Waals surface area contributed by atoms with Gasteiger partial charge in [-0.05, 0) is 12.5 Å². The van der Waals surface area contributed by atoms with E-state index in [4.69, 9.17) is 9.84 Å². The molecule has 0 atom stereocenters. The molecule has 0 saturated carbocycles. The fraction of sp³-hybridized carbons (Fsp3) is 0.273. The Morgan fingerprint density at radius 3 is 2.94 bits per heavy atom. The van der Waals surface area contributed by atoms with E-state index in [1.54, 1.807) is 17.8 Å². The number of carbonyl (C=O) groups is 1. The Hall–Kier alpha value is -1.40. The third-order valence-electron chi connectivity index (χ3n) is 2.15. The first kappa shape index (κ1) is 12.1. The van der Waals surface area contributed by atoms with Gasteiger partial charge < -0.3 is 9.84 Å². The van der Waals surface area contributed by atoms with Crippen LogP contribution in [0, 0.1) is 0 Å². The van der Waals surface area contributed by atoms with Gasteiger partial charge in [0.05, 0.1) is 10.4 Å². The predicted molar refractivity (Wildman–Crippen MR) is 67.1 cm³/mol. The highest BCUT2D eigenvalue weighted by Gasteiger charge is 2.16. The summed E-state index contributed by atoms with van der Waals surface area (Å²) in [6.07, 6.45) is 2.53. The molecule has 90 valence electrons. The number of hydrogen-bond donors (Lipinski definition) is 1. The van der Waals surface area contributed by atoms with Crippen LogP contribution in [0.15, 0.2) is 17.8 Å². The molecule has 1 N–H and O–H groups in total. The van der Waals surface area contributed by atoms with Crippen molar-refractivity contribution in [3.8, 4) is 5.75 Å². The lowest BCUT2D eigenvalue weighted by Gasteiger charge is -2.02. The second kappa shape index (κ2) is 5.29. The number of ether oxygens (including phenoxy) is 1. The summed E-state index contributed by atoms with van der Waals surface area (Å²) in [7, 11) is 0. The first-order chi connectivity index (χ1) is 8.20. The molecule has 0 fully saturated rings. The van der Waals surface area contributed by atoms with Crippen LogP contribution in [-0.2, 0) is 13.0 Å². The van der Waals surface area contributed by atoms with Crippen molar-refractivity contribution in [1.29, 1.82) is 0 Å². The number of aromatic nitrogens is 1. The van der Waals surface area contributed by atoms with Gasteiger partial charge in [-0.25, -0.2) is 4.79 Å². The Labute approximate surface area is 107 Å². The molecule has 0 aliphatic heterocycles.